The van der Waals surface area contributed by atoms with E-state index in [1.807, 2.05) is 6.92 Å². The zero-order valence-corrected chi connectivity index (χ0v) is 22.0. The molecule has 11 nitrogen and oxygen atoms in total. The number of nitrogens with one attached hydrogen (secondary N) is 2. The van der Waals surface area contributed by atoms with E-state index in [0.29, 0.717) is 34.5 Å². The molecule has 204 valence electrons. The molecule has 4 N–H and O–H groups in total. The zero-order valence-electron chi connectivity index (χ0n) is 21.2. The summed E-state index contributed by atoms with van der Waals surface area (Å²) in [5.74, 6) is 0.120. The normalized spacial score (nSPS) is 13.0. The van der Waals surface area contributed by atoms with Gasteiger partial charge in [0.25, 0.3) is 0 Å². The van der Waals surface area contributed by atoms with E-state index in [4.69, 9.17) is 26.8 Å². The summed E-state index contributed by atoms with van der Waals surface area (Å²) in [5.41, 5.74) is 6.46. The van der Waals surface area contributed by atoms with Crippen LogP contribution < -0.4 is 25.8 Å². The number of anilines is 2. The Hall–Kier alpha value is -4.35. The van der Waals surface area contributed by atoms with Crippen molar-refractivity contribution in [3.8, 4) is 17.2 Å². The number of carbonyl (C=O) groups is 3. The quantitative estimate of drug-likeness (QED) is 0.242. The number of primary amides is 1. The fourth-order valence-corrected chi connectivity index (χ4v) is 4.11. The Labute approximate surface area is 230 Å². The Balaban J connectivity index is 1.39. The lowest BCUT2D eigenvalue weighted by atomic mass is 10.2. The fourth-order valence-electron chi connectivity index (χ4n) is 3.96. The molecule has 1 aromatic heterocycles. The number of nitrogens with two attached hydrogens (primary N) is 1. The summed E-state index contributed by atoms with van der Waals surface area (Å²) in [6.07, 6.45) is 2.48. The van der Waals surface area contributed by atoms with Crippen molar-refractivity contribution in [1.82, 2.24) is 9.88 Å². The standard InChI is InChI=1S/C27H28ClN5O6/c1-17-13-22(24(16-21(17)28)37-12-11-33-9-2-3-10-33)32-27(36)31-18-5-4-6-19(14-18)38-20-7-8-30-23(15-20)25(34)39-26(29)35/h4-8,13-16H,2-3,9-12H2,1H3,(H2,29,35)(H2,31,32,36). The van der Waals surface area contributed by atoms with Gasteiger partial charge in [-0.1, -0.05) is 17.7 Å². The summed E-state index contributed by atoms with van der Waals surface area (Å²) in [7, 11) is 0. The minimum atomic E-state index is -1.24. The number of aromatic nitrogens is 1. The summed E-state index contributed by atoms with van der Waals surface area (Å²) in [5, 5.41) is 6.14. The summed E-state index contributed by atoms with van der Waals surface area (Å²) < 4.78 is 16.1. The Morgan fingerprint density at radius 2 is 1.82 bits per heavy atom. The van der Waals surface area contributed by atoms with E-state index in [-0.39, 0.29) is 11.4 Å². The first-order chi connectivity index (χ1) is 18.8. The number of rotatable bonds is 9. The summed E-state index contributed by atoms with van der Waals surface area (Å²) >= 11 is 6.31. The number of likely N-dealkylation sites (tertiary alicyclic amines) is 1. The number of amides is 3. The van der Waals surface area contributed by atoms with Crippen LogP contribution >= 0.6 is 11.6 Å². The molecule has 0 radical (unpaired) electrons. The number of halogens is 1. The average Bonchev–Trinajstić information content (AvgIpc) is 3.40. The highest BCUT2D eigenvalue weighted by molar-refractivity contribution is 6.31. The number of esters is 1. The van der Waals surface area contributed by atoms with Gasteiger partial charge in [-0.15, -0.1) is 0 Å². The van der Waals surface area contributed by atoms with Gasteiger partial charge in [-0.25, -0.2) is 19.4 Å². The SMILES string of the molecule is Cc1cc(NC(=O)Nc2cccc(Oc3ccnc(C(=O)OC(N)=O)c3)c2)c(OCCN2CCCC2)cc1Cl. The second-order valence-electron chi connectivity index (χ2n) is 8.79. The predicted octanol–water partition coefficient (Wildman–Crippen LogP) is 5.19. The van der Waals surface area contributed by atoms with E-state index < -0.39 is 18.1 Å². The second kappa shape index (κ2) is 12.9. The molecule has 2 aromatic carbocycles. The molecule has 0 bridgehead atoms. The molecule has 2 heterocycles. The predicted molar refractivity (Wildman–Crippen MR) is 146 cm³/mol. The number of ether oxygens (including phenoxy) is 3. The Morgan fingerprint density at radius 1 is 1.05 bits per heavy atom. The molecule has 0 saturated carbocycles. The van der Waals surface area contributed by atoms with Crippen molar-refractivity contribution >= 4 is 41.1 Å². The van der Waals surface area contributed by atoms with Crippen LogP contribution in [0, 0.1) is 6.92 Å². The third-order valence-corrected chi connectivity index (χ3v) is 6.24. The van der Waals surface area contributed by atoms with Crippen LogP contribution in [0.25, 0.3) is 0 Å². The first-order valence-electron chi connectivity index (χ1n) is 12.3. The van der Waals surface area contributed by atoms with E-state index in [0.717, 1.165) is 25.2 Å². The first-order valence-corrected chi connectivity index (χ1v) is 12.6. The van der Waals surface area contributed by atoms with Crippen molar-refractivity contribution in [2.75, 3.05) is 36.9 Å². The number of nitrogens with zero attached hydrogens (tertiary/aromatic N) is 2. The van der Waals surface area contributed by atoms with Gasteiger partial charge in [0.15, 0.2) is 5.69 Å². The third kappa shape index (κ3) is 8.06. The number of urea groups is 1. The lowest BCUT2D eigenvalue weighted by Gasteiger charge is -2.18. The minimum Gasteiger partial charge on any atom is -0.490 e. The largest absolute Gasteiger partial charge is 0.490 e. The van der Waals surface area contributed by atoms with Crippen LogP contribution in [0.4, 0.5) is 21.0 Å². The molecule has 4 rings (SSSR count). The van der Waals surface area contributed by atoms with Crippen molar-refractivity contribution in [3.63, 3.8) is 0 Å². The smallest absolute Gasteiger partial charge is 0.412 e. The van der Waals surface area contributed by atoms with Gasteiger partial charge in [-0.05, 0) is 62.7 Å². The molecule has 1 aliphatic rings. The van der Waals surface area contributed by atoms with Crippen molar-refractivity contribution in [2.24, 2.45) is 5.73 Å². The van der Waals surface area contributed by atoms with E-state index >= 15 is 0 Å². The molecule has 0 aliphatic carbocycles. The van der Waals surface area contributed by atoms with Crippen LogP contribution in [0.15, 0.2) is 54.7 Å². The minimum absolute atomic E-state index is 0.156. The molecule has 0 atom stereocenters. The molecule has 0 spiro atoms. The van der Waals surface area contributed by atoms with Gasteiger partial charge >= 0.3 is 18.1 Å². The number of pyridine rings is 1. The Kier molecular flexibility index (Phi) is 9.18. The van der Waals surface area contributed by atoms with Gasteiger partial charge in [-0.3, -0.25) is 4.90 Å². The average molecular weight is 554 g/mol. The monoisotopic (exact) mass is 553 g/mol. The lowest BCUT2D eigenvalue weighted by molar-refractivity contribution is 0.0631. The topological polar surface area (TPSA) is 145 Å². The highest BCUT2D eigenvalue weighted by atomic mass is 35.5. The van der Waals surface area contributed by atoms with Crippen LogP contribution in [0.5, 0.6) is 17.2 Å². The molecule has 39 heavy (non-hydrogen) atoms. The molecule has 3 amide bonds. The maximum absolute atomic E-state index is 12.8. The molecule has 1 aliphatic heterocycles. The number of aryl methyl sites for hydroxylation is 1. The van der Waals surface area contributed by atoms with Gasteiger partial charge in [0.2, 0.25) is 0 Å². The van der Waals surface area contributed by atoms with Crippen molar-refractivity contribution < 1.29 is 28.6 Å². The van der Waals surface area contributed by atoms with Crippen LogP contribution in [0.2, 0.25) is 5.02 Å². The van der Waals surface area contributed by atoms with Crippen LogP contribution in [-0.2, 0) is 4.74 Å². The lowest BCUT2D eigenvalue weighted by Crippen LogP contribution is -2.25. The number of benzene rings is 2. The van der Waals surface area contributed by atoms with E-state index in [1.165, 1.54) is 31.2 Å². The van der Waals surface area contributed by atoms with E-state index in [2.05, 4.69) is 25.3 Å². The second-order valence-corrected chi connectivity index (χ2v) is 9.20. The zero-order chi connectivity index (χ0) is 27.8. The molecule has 12 heteroatoms. The first kappa shape index (κ1) is 27.7. The van der Waals surface area contributed by atoms with Gasteiger partial charge in [0.1, 0.15) is 23.9 Å². The molecular formula is C27H28ClN5O6. The maximum atomic E-state index is 12.8. The highest BCUT2D eigenvalue weighted by Crippen LogP contribution is 2.32. The molecule has 3 aromatic rings. The van der Waals surface area contributed by atoms with Crippen LogP contribution in [0.1, 0.15) is 28.9 Å². The number of hydrogen-bond donors (Lipinski definition) is 3. The third-order valence-electron chi connectivity index (χ3n) is 5.83. The van der Waals surface area contributed by atoms with E-state index in [9.17, 15) is 14.4 Å². The van der Waals surface area contributed by atoms with Crippen molar-refractivity contribution in [3.05, 3.63) is 71.0 Å². The van der Waals surface area contributed by atoms with Crippen molar-refractivity contribution in [2.45, 2.75) is 19.8 Å². The Morgan fingerprint density at radius 3 is 2.59 bits per heavy atom. The van der Waals surface area contributed by atoms with Crippen molar-refractivity contribution in [1.29, 1.82) is 0 Å². The Bertz CT molecular complexity index is 1360. The van der Waals surface area contributed by atoms with Gasteiger partial charge in [0, 0.05) is 41.7 Å². The van der Waals surface area contributed by atoms with E-state index in [1.54, 1.807) is 36.4 Å². The number of hydrogen-bond acceptors (Lipinski definition) is 8. The summed E-state index contributed by atoms with van der Waals surface area (Å²) in [6, 6.07) is 12.4. The highest BCUT2D eigenvalue weighted by Gasteiger charge is 2.15. The number of carbonyl (C=O) groups excluding carboxylic acids is 3. The molecule has 1 fully saturated rings. The molecule has 0 unspecified atom stereocenters. The molecular weight excluding hydrogens is 526 g/mol. The fraction of sp³-hybridized carbons (Fsp3) is 0.259. The maximum Gasteiger partial charge on any atom is 0.412 e. The molecule has 1 saturated heterocycles. The summed E-state index contributed by atoms with van der Waals surface area (Å²) in [4.78, 5) is 41.7. The van der Waals surface area contributed by atoms with Gasteiger partial charge in [0.05, 0.1) is 5.69 Å². The van der Waals surface area contributed by atoms with Gasteiger partial charge < -0.3 is 30.6 Å². The van der Waals surface area contributed by atoms with Crippen LogP contribution in [-0.4, -0.2) is 54.2 Å². The van der Waals surface area contributed by atoms with Gasteiger partial charge in [-0.2, -0.15) is 0 Å². The summed E-state index contributed by atoms with van der Waals surface area (Å²) in [6.45, 7) is 5.26. The van der Waals surface area contributed by atoms with Crippen LogP contribution in [0.3, 0.4) is 0 Å².